The highest BCUT2D eigenvalue weighted by molar-refractivity contribution is 5.91. The van der Waals surface area contributed by atoms with Gasteiger partial charge in [0.1, 0.15) is 17.2 Å². The van der Waals surface area contributed by atoms with Gasteiger partial charge in [0.05, 0.1) is 25.9 Å². The third-order valence-electron chi connectivity index (χ3n) is 4.40. The zero-order valence-electron chi connectivity index (χ0n) is 16.0. The van der Waals surface area contributed by atoms with E-state index in [1.165, 1.54) is 16.9 Å². The van der Waals surface area contributed by atoms with Crippen LogP contribution in [0.3, 0.4) is 0 Å². The summed E-state index contributed by atoms with van der Waals surface area (Å²) in [6.07, 6.45) is -0.219. The Kier molecular flexibility index (Phi) is 4.87. The topological polar surface area (TPSA) is 92.1 Å². The van der Waals surface area contributed by atoms with Gasteiger partial charge in [0.25, 0.3) is 0 Å². The van der Waals surface area contributed by atoms with Crippen LogP contribution in [-0.4, -0.2) is 42.9 Å². The molecular weight excluding hydrogens is 350 g/mol. The van der Waals surface area contributed by atoms with Crippen molar-refractivity contribution >= 4 is 17.9 Å². The summed E-state index contributed by atoms with van der Waals surface area (Å²) in [5.41, 5.74) is 1.73. The fourth-order valence-corrected chi connectivity index (χ4v) is 3.27. The molecule has 1 saturated heterocycles. The second-order valence-electron chi connectivity index (χ2n) is 7.51. The molecule has 144 valence electrons. The molecular formula is C19H23N3O5. The number of carbonyl (C=O) groups excluding carboxylic acids is 2. The third-order valence-corrected chi connectivity index (χ3v) is 4.40. The Hall–Kier alpha value is -2.95. The number of nitrogens with zero attached hydrogens (tertiary/aromatic N) is 3. The summed E-state index contributed by atoms with van der Waals surface area (Å²) in [5, 5.41) is 9.71. The number of methoxy groups -OCH3 is 1. The summed E-state index contributed by atoms with van der Waals surface area (Å²) in [7, 11) is 1.46. The van der Waals surface area contributed by atoms with Crippen LogP contribution in [0.2, 0.25) is 0 Å². The molecule has 0 unspecified atom stereocenters. The average molecular weight is 373 g/mol. The molecule has 8 heteroatoms. The Morgan fingerprint density at radius 1 is 1.33 bits per heavy atom. The lowest BCUT2D eigenvalue weighted by Gasteiger charge is -2.28. The van der Waals surface area contributed by atoms with Crippen molar-refractivity contribution in [1.82, 2.24) is 4.90 Å². The number of hydrogen-bond acceptors (Lipinski definition) is 6. The molecule has 0 radical (unpaired) electrons. The Bertz CT molecular complexity index is 822. The maximum Gasteiger partial charge on any atom is 0.414 e. The van der Waals surface area contributed by atoms with E-state index in [4.69, 9.17) is 14.2 Å². The smallest absolute Gasteiger partial charge is 0.414 e. The number of amides is 2. The standard InChI is InChI=1S/C19H23N3O5/c1-19(2,3)27-17(23)21-10-12-8-15(22-6-5-7-26-18(22)24)16(25-4)13(9-20)14(12)11-21/h8H,5-7,10-11H2,1-4H3. The maximum absolute atomic E-state index is 12.4. The Morgan fingerprint density at radius 3 is 2.67 bits per heavy atom. The van der Waals surface area contributed by atoms with E-state index < -0.39 is 17.8 Å². The molecule has 0 aromatic heterocycles. The summed E-state index contributed by atoms with van der Waals surface area (Å²) < 4.78 is 16.0. The summed E-state index contributed by atoms with van der Waals surface area (Å²) in [6.45, 7) is 6.83. The molecule has 2 aliphatic heterocycles. The van der Waals surface area contributed by atoms with Crippen molar-refractivity contribution in [2.45, 2.75) is 45.9 Å². The van der Waals surface area contributed by atoms with E-state index in [-0.39, 0.29) is 6.54 Å². The van der Waals surface area contributed by atoms with Crippen molar-refractivity contribution in [2.75, 3.05) is 25.2 Å². The number of rotatable bonds is 2. The van der Waals surface area contributed by atoms with Crippen LogP contribution in [0.25, 0.3) is 0 Å². The quantitative estimate of drug-likeness (QED) is 0.791. The van der Waals surface area contributed by atoms with Crippen LogP contribution in [0.1, 0.15) is 43.9 Å². The molecule has 0 saturated carbocycles. The van der Waals surface area contributed by atoms with E-state index in [2.05, 4.69) is 6.07 Å². The Balaban J connectivity index is 1.98. The molecule has 1 aromatic carbocycles. The lowest BCUT2D eigenvalue weighted by Crippen LogP contribution is -2.38. The number of ether oxygens (including phenoxy) is 3. The van der Waals surface area contributed by atoms with Crippen molar-refractivity contribution in [1.29, 1.82) is 5.26 Å². The lowest BCUT2D eigenvalue weighted by atomic mass is 10.0. The lowest BCUT2D eigenvalue weighted by molar-refractivity contribution is 0.0241. The minimum absolute atomic E-state index is 0.258. The second-order valence-corrected chi connectivity index (χ2v) is 7.51. The van der Waals surface area contributed by atoms with Crippen LogP contribution in [-0.2, 0) is 22.6 Å². The van der Waals surface area contributed by atoms with Crippen LogP contribution < -0.4 is 9.64 Å². The Morgan fingerprint density at radius 2 is 2.07 bits per heavy atom. The van der Waals surface area contributed by atoms with Gasteiger partial charge in [-0.15, -0.1) is 0 Å². The van der Waals surface area contributed by atoms with E-state index >= 15 is 0 Å². The minimum Gasteiger partial charge on any atom is -0.493 e. The van der Waals surface area contributed by atoms with Crippen molar-refractivity contribution < 1.29 is 23.8 Å². The van der Waals surface area contributed by atoms with Crippen LogP contribution in [0.15, 0.2) is 6.07 Å². The molecule has 27 heavy (non-hydrogen) atoms. The van der Waals surface area contributed by atoms with Crippen LogP contribution >= 0.6 is 0 Å². The highest BCUT2D eigenvalue weighted by Crippen LogP contribution is 2.41. The first kappa shape index (κ1) is 18.8. The predicted molar refractivity (Wildman–Crippen MR) is 96.5 cm³/mol. The number of benzene rings is 1. The van der Waals surface area contributed by atoms with Gasteiger partial charge in [-0.3, -0.25) is 9.80 Å². The van der Waals surface area contributed by atoms with Crippen molar-refractivity contribution in [3.05, 3.63) is 22.8 Å². The fraction of sp³-hybridized carbons (Fsp3) is 0.526. The third kappa shape index (κ3) is 3.63. The molecule has 2 amide bonds. The molecule has 2 aliphatic rings. The van der Waals surface area contributed by atoms with E-state index in [9.17, 15) is 14.9 Å². The molecule has 3 rings (SSSR count). The summed E-state index contributed by atoms with van der Waals surface area (Å²) in [6, 6.07) is 3.96. The zero-order valence-corrected chi connectivity index (χ0v) is 16.0. The number of fused-ring (bicyclic) bond motifs is 1. The summed E-state index contributed by atoms with van der Waals surface area (Å²) in [4.78, 5) is 27.6. The van der Waals surface area contributed by atoms with Crippen molar-refractivity contribution in [3.8, 4) is 11.8 Å². The SMILES string of the molecule is COc1c(N2CCCOC2=O)cc2c(c1C#N)CN(C(=O)OC(C)(C)C)C2. The van der Waals surface area contributed by atoms with Gasteiger partial charge in [-0.1, -0.05) is 0 Å². The van der Waals surface area contributed by atoms with E-state index in [0.717, 1.165) is 5.56 Å². The Labute approximate surface area is 158 Å². The first-order valence-electron chi connectivity index (χ1n) is 8.80. The predicted octanol–water partition coefficient (Wildman–Crippen LogP) is 3.16. The molecule has 0 bridgehead atoms. The average Bonchev–Trinajstić information content (AvgIpc) is 3.03. The zero-order chi connectivity index (χ0) is 19.8. The number of anilines is 1. The van der Waals surface area contributed by atoms with Crippen molar-refractivity contribution in [3.63, 3.8) is 0 Å². The monoisotopic (exact) mass is 373 g/mol. The molecule has 0 N–H and O–H groups in total. The van der Waals surface area contributed by atoms with Gasteiger partial charge in [-0.2, -0.15) is 5.26 Å². The first-order chi connectivity index (χ1) is 12.7. The van der Waals surface area contributed by atoms with Gasteiger partial charge in [-0.05, 0) is 44.4 Å². The van der Waals surface area contributed by atoms with Gasteiger partial charge < -0.3 is 14.2 Å². The van der Waals surface area contributed by atoms with E-state index in [0.29, 0.717) is 48.7 Å². The van der Waals surface area contributed by atoms with Gasteiger partial charge in [0.2, 0.25) is 0 Å². The normalized spacial score (nSPS) is 16.5. The fourth-order valence-electron chi connectivity index (χ4n) is 3.27. The maximum atomic E-state index is 12.4. The molecule has 2 heterocycles. The number of cyclic esters (lactones) is 1. The van der Waals surface area contributed by atoms with Gasteiger partial charge in [0.15, 0.2) is 5.75 Å². The van der Waals surface area contributed by atoms with Crippen molar-refractivity contribution in [2.24, 2.45) is 0 Å². The van der Waals surface area contributed by atoms with Gasteiger partial charge in [-0.25, -0.2) is 9.59 Å². The first-order valence-corrected chi connectivity index (χ1v) is 8.80. The number of nitriles is 1. The summed E-state index contributed by atoms with van der Waals surface area (Å²) in [5.74, 6) is 0.320. The van der Waals surface area contributed by atoms with Gasteiger partial charge >= 0.3 is 12.2 Å². The van der Waals surface area contributed by atoms with Crippen LogP contribution in [0.5, 0.6) is 5.75 Å². The highest BCUT2D eigenvalue weighted by atomic mass is 16.6. The molecule has 1 aromatic rings. The summed E-state index contributed by atoms with van der Waals surface area (Å²) >= 11 is 0. The molecule has 0 spiro atoms. The second kappa shape index (κ2) is 6.99. The number of carbonyl (C=O) groups is 2. The largest absolute Gasteiger partial charge is 0.493 e. The molecule has 1 fully saturated rings. The molecule has 8 nitrogen and oxygen atoms in total. The van der Waals surface area contributed by atoms with Crippen LogP contribution in [0.4, 0.5) is 15.3 Å². The van der Waals surface area contributed by atoms with Gasteiger partial charge in [0, 0.05) is 13.1 Å². The molecule has 0 aliphatic carbocycles. The molecule has 0 atom stereocenters. The van der Waals surface area contributed by atoms with E-state index in [1.54, 1.807) is 26.8 Å². The highest BCUT2D eigenvalue weighted by Gasteiger charge is 2.34. The number of hydrogen-bond donors (Lipinski definition) is 0. The van der Waals surface area contributed by atoms with E-state index in [1.807, 2.05) is 0 Å². The van der Waals surface area contributed by atoms with Crippen LogP contribution in [0, 0.1) is 11.3 Å². The minimum atomic E-state index is -0.607.